The van der Waals surface area contributed by atoms with E-state index in [0.29, 0.717) is 41.2 Å². The highest BCUT2D eigenvalue weighted by Crippen LogP contribution is 2.49. The fourth-order valence-electron chi connectivity index (χ4n) is 5.51. The molecule has 0 bridgehead atoms. The third kappa shape index (κ3) is 5.96. The van der Waals surface area contributed by atoms with Crippen LogP contribution in [0.1, 0.15) is 54.3 Å². The van der Waals surface area contributed by atoms with Gasteiger partial charge in [-0.15, -0.1) is 13.2 Å². The van der Waals surface area contributed by atoms with Crippen LogP contribution in [-0.2, 0) is 21.1 Å². The molecule has 14 heteroatoms. The average molecular weight is 649 g/mol. The summed E-state index contributed by atoms with van der Waals surface area (Å²) in [6.07, 6.45) is -9.27. The van der Waals surface area contributed by atoms with Crippen LogP contribution >= 0.6 is 11.6 Å². The van der Waals surface area contributed by atoms with Gasteiger partial charge in [0.05, 0.1) is 11.1 Å². The van der Waals surface area contributed by atoms with Gasteiger partial charge in [0.25, 0.3) is 0 Å². The van der Waals surface area contributed by atoms with Gasteiger partial charge in [0, 0.05) is 18.6 Å². The number of carbonyl (C=O) groups is 1. The Kier molecular flexibility index (Phi) is 7.34. The molecule has 2 N–H and O–H groups in total. The number of amides is 1. The van der Waals surface area contributed by atoms with Crippen LogP contribution in [-0.4, -0.2) is 27.9 Å². The first-order valence-corrected chi connectivity index (χ1v) is 14.0. The molecule has 3 aromatic carbocycles. The minimum atomic E-state index is -4.88. The zero-order valence-electron chi connectivity index (χ0n) is 23.3. The van der Waals surface area contributed by atoms with E-state index in [9.17, 15) is 31.1 Å². The van der Waals surface area contributed by atoms with Crippen LogP contribution in [0.15, 0.2) is 77.8 Å². The summed E-state index contributed by atoms with van der Waals surface area (Å²) in [5.74, 6) is -0.612. The lowest BCUT2D eigenvalue weighted by Gasteiger charge is -2.22. The predicted octanol–water partition coefficient (Wildman–Crippen LogP) is 7.86. The number of ether oxygens (including phenoxy) is 2. The number of aliphatic imine (C=N–C) groups is 1. The first kappa shape index (κ1) is 30.5. The molecule has 0 radical (unpaired) electrons. The van der Waals surface area contributed by atoms with Gasteiger partial charge in [-0.1, -0.05) is 54.1 Å². The second kappa shape index (κ2) is 10.8. The van der Waals surface area contributed by atoms with Gasteiger partial charge in [-0.2, -0.15) is 18.3 Å². The first-order valence-electron chi connectivity index (χ1n) is 13.6. The summed E-state index contributed by atoms with van der Waals surface area (Å²) in [5.41, 5.74) is 6.83. The van der Waals surface area contributed by atoms with E-state index in [1.807, 2.05) is 18.2 Å². The normalized spacial score (nSPS) is 19.2. The standard InChI is InChI=1S/C31H23ClF6N4O3/c1-16-40-26(27(44-16)17-5-8-21(9-6-17)45-31(36,37)38)22-14-19(18-3-2-4-20(13-18)29(11-12-29)28(39)43)7-10-23(22)42-25(32)15-24(41-42)30(33,34)35/h2-10,13-15,26-27H,11-12H2,1H3,(H2,39,43). The van der Waals surface area contributed by atoms with E-state index in [1.54, 1.807) is 31.2 Å². The van der Waals surface area contributed by atoms with E-state index >= 15 is 0 Å². The lowest BCUT2D eigenvalue weighted by atomic mass is 9.89. The fourth-order valence-corrected chi connectivity index (χ4v) is 5.74. The molecular formula is C31H23ClF6N4O3. The molecule has 1 aliphatic heterocycles. The number of primary amides is 1. The SMILES string of the molecule is CC1=NC(c2cc(-c3cccc(C4(C(N)=O)CC4)c3)ccc2-n2nc(C(F)(F)F)cc2Cl)C(c2ccc(OC(F)(F)F)cc2)O1. The van der Waals surface area contributed by atoms with Gasteiger partial charge < -0.3 is 15.2 Å². The van der Waals surface area contributed by atoms with E-state index in [2.05, 4.69) is 14.8 Å². The van der Waals surface area contributed by atoms with Crippen LogP contribution in [0, 0.1) is 0 Å². The topological polar surface area (TPSA) is 91.7 Å². The number of hydrogen-bond acceptors (Lipinski definition) is 5. The number of hydrogen-bond donors (Lipinski definition) is 1. The molecule has 45 heavy (non-hydrogen) atoms. The molecule has 2 unspecified atom stereocenters. The smallest absolute Gasteiger partial charge is 0.471 e. The third-order valence-corrected chi connectivity index (χ3v) is 8.12. The summed E-state index contributed by atoms with van der Waals surface area (Å²) in [5, 5.41) is 3.41. The number of nitrogens with two attached hydrogens (primary N) is 1. The lowest BCUT2D eigenvalue weighted by molar-refractivity contribution is -0.274. The van der Waals surface area contributed by atoms with Crippen molar-refractivity contribution < 1.29 is 40.6 Å². The molecule has 4 aromatic rings. The van der Waals surface area contributed by atoms with Crippen LogP contribution in [0.25, 0.3) is 16.8 Å². The molecule has 1 aromatic heterocycles. The minimum Gasteiger partial charge on any atom is -0.471 e. The third-order valence-electron chi connectivity index (χ3n) is 7.85. The number of rotatable bonds is 7. The monoisotopic (exact) mass is 648 g/mol. The second-order valence-corrected chi connectivity index (χ2v) is 11.2. The first-order chi connectivity index (χ1) is 21.1. The summed E-state index contributed by atoms with van der Waals surface area (Å²) < 4.78 is 89.8. The van der Waals surface area contributed by atoms with Crippen molar-refractivity contribution in [3.05, 3.63) is 100 Å². The number of carbonyl (C=O) groups excluding carboxylic acids is 1. The number of halogens is 7. The van der Waals surface area contributed by atoms with Gasteiger partial charge in [0.1, 0.15) is 16.9 Å². The van der Waals surface area contributed by atoms with Crippen molar-refractivity contribution in [3.8, 4) is 22.6 Å². The molecule has 1 saturated carbocycles. The molecule has 7 nitrogen and oxygen atoms in total. The van der Waals surface area contributed by atoms with Gasteiger partial charge in [0.15, 0.2) is 17.7 Å². The maximum Gasteiger partial charge on any atom is 0.573 e. The van der Waals surface area contributed by atoms with Gasteiger partial charge in [-0.25, -0.2) is 9.67 Å². The molecule has 234 valence electrons. The van der Waals surface area contributed by atoms with Gasteiger partial charge >= 0.3 is 12.5 Å². The quantitative estimate of drug-likeness (QED) is 0.207. The summed E-state index contributed by atoms with van der Waals surface area (Å²) in [6.45, 7) is 1.59. The molecule has 1 fully saturated rings. The largest absolute Gasteiger partial charge is 0.573 e. The van der Waals surface area contributed by atoms with Crippen molar-refractivity contribution in [1.29, 1.82) is 0 Å². The van der Waals surface area contributed by atoms with Crippen LogP contribution < -0.4 is 10.5 Å². The fraction of sp³-hybridized carbons (Fsp3) is 0.258. The summed E-state index contributed by atoms with van der Waals surface area (Å²) in [4.78, 5) is 16.8. The Morgan fingerprint density at radius 1 is 1.00 bits per heavy atom. The Labute approximate surface area is 257 Å². The summed E-state index contributed by atoms with van der Waals surface area (Å²) in [7, 11) is 0. The molecular weight excluding hydrogens is 626 g/mol. The molecule has 2 heterocycles. The minimum absolute atomic E-state index is 0.181. The number of aromatic nitrogens is 2. The van der Waals surface area contributed by atoms with E-state index < -0.39 is 47.5 Å². The van der Waals surface area contributed by atoms with E-state index in [4.69, 9.17) is 22.1 Å². The molecule has 2 aliphatic rings. The molecule has 6 rings (SSSR count). The maximum absolute atomic E-state index is 13.6. The van der Waals surface area contributed by atoms with Crippen molar-refractivity contribution in [2.45, 2.75) is 49.9 Å². The summed E-state index contributed by atoms with van der Waals surface area (Å²) >= 11 is 6.26. The Balaban J connectivity index is 1.47. The Bertz CT molecular complexity index is 1810. The van der Waals surface area contributed by atoms with Crippen molar-refractivity contribution >= 4 is 23.4 Å². The van der Waals surface area contributed by atoms with E-state index in [0.717, 1.165) is 22.4 Å². The van der Waals surface area contributed by atoms with E-state index in [1.165, 1.54) is 12.1 Å². The van der Waals surface area contributed by atoms with Crippen molar-refractivity contribution in [1.82, 2.24) is 9.78 Å². The number of benzene rings is 3. The van der Waals surface area contributed by atoms with E-state index in [-0.39, 0.29) is 16.7 Å². The van der Waals surface area contributed by atoms with Crippen LogP contribution in [0.3, 0.4) is 0 Å². The molecule has 0 saturated heterocycles. The van der Waals surface area contributed by atoms with Crippen LogP contribution in [0.5, 0.6) is 5.75 Å². The molecule has 0 spiro atoms. The Morgan fingerprint density at radius 2 is 1.69 bits per heavy atom. The highest BCUT2D eigenvalue weighted by Gasteiger charge is 2.50. The molecule has 1 aliphatic carbocycles. The predicted molar refractivity (Wildman–Crippen MR) is 152 cm³/mol. The van der Waals surface area contributed by atoms with Gasteiger partial charge in [-0.05, 0) is 59.4 Å². The zero-order chi connectivity index (χ0) is 32.3. The van der Waals surface area contributed by atoms with Crippen molar-refractivity contribution in [3.63, 3.8) is 0 Å². The van der Waals surface area contributed by atoms with Crippen molar-refractivity contribution in [2.75, 3.05) is 0 Å². The molecule has 2 atom stereocenters. The number of alkyl halides is 6. The van der Waals surface area contributed by atoms with Gasteiger partial charge in [0.2, 0.25) is 5.91 Å². The molecule has 1 amide bonds. The summed E-state index contributed by atoms with van der Waals surface area (Å²) in [6, 6.07) is 17.1. The maximum atomic E-state index is 13.6. The van der Waals surface area contributed by atoms with Gasteiger partial charge in [-0.3, -0.25) is 4.79 Å². The second-order valence-electron chi connectivity index (χ2n) is 10.8. The number of nitrogens with zero attached hydrogens (tertiary/aromatic N) is 3. The highest BCUT2D eigenvalue weighted by atomic mass is 35.5. The van der Waals surface area contributed by atoms with Crippen LogP contribution in [0.2, 0.25) is 5.15 Å². The Morgan fingerprint density at radius 3 is 2.29 bits per heavy atom. The lowest BCUT2D eigenvalue weighted by Crippen LogP contribution is -2.28. The Hall–Kier alpha value is -4.52. The zero-order valence-corrected chi connectivity index (χ0v) is 24.0. The average Bonchev–Trinajstić information content (AvgIpc) is 3.57. The highest BCUT2D eigenvalue weighted by molar-refractivity contribution is 6.29. The van der Waals surface area contributed by atoms with Crippen molar-refractivity contribution in [2.24, 2.45) is 10.7 Å². The van der Waals surface area contributed by atoms with Crippen LogP contribution in [0.4, 0.5) is 26.3 Å².